The van der Waals surface area contributed by atoms with E-state index in [0.717, 1.165) is 45.0 Å². The molecule has 3 unspecified atom stereocenters. The molecule has 7 nitrogen and oxygen atoms in total. The lowest BCUT2D eigenvalue weighted by Crippen LogP contribution is -2.40. The molecule has 7 heteroatoms. The molecule has 0 N–H and O–H groups in total. The van der Waals surface area contributed by atoms with Crippen molar-refractivity contribution in [3.05, 3.63) is 35.9 Å². The molecule has 0 bridgehead atoms. The highest BCUT2D eigenvalue weighted by atomic mass is 16.5. The molecule has 0 amide bonds. The van der Waals surface area contributed by atoms with E-state index in [1.165, 1.54) is 31.2 Å². The summed E-state index contributed by atoms with van der Waals surface area (Å²) in [6, 6.07) is 10.8. The number of aryl methyl sites for hydroxylation is 1. The second-order valence-corrected chi connectivity index (χ2v) is 8.39. The molecule has 0 aliphatic carbocycles. The number of rotatable bonds is 8. The highest BCUT2D eigenvalue weighted by Crippen LogP contribution is 2.27. The van der Waals surface area contributed by atoms with Gasteiger partial charge in [-0.3, -0.25) is 0 Å². The Kier molecular flexibility index (Phi) is 7.11. The van der Waals surface area contributed by atoms with Crippen molar-refractivity contribution in [2.75, 3.05) is 38.3 Å². The molecule has 1 aromatic heterocycles. The van der Waals surface area contributed by atoms with Crippen molar-refractivity contribution in [1.29, 1.82) is 0 Å². The van der Waals surface area contributed by atoms with Crippen LogP contribution in [-0.2, 0) is 22.4 Å². The molecule has 2 aliphatic rings. The molecular formula is C22H33N5O2. The van der Waals surface area contributed by atoms with Crippen LogP contribution in [0.1, 0.15) is 37.7 Å². The third kappa shape index (κ3) is 5.34. The Morgan fingerprint density at radius 1 is 1.21 bits per heavy atom. The van der Waals surface area contributed by atoms with Crippen LogP contribution in [0.25, 0.3) is 0 Å². The lowest BCUT2D eigenvalue weighted by atomic mass is 9.92. The summed E-state index contributed by atoms with van der Waals surface area (Å²) in [5.74, 6) is 2.02. The van der Waals surface area contributed by atoms with Gasteiger partial charge in [0.25, 0.3) is 0 Å². The molecular weight excluding hydrogens is 366 g/mol. The Hall–Kier alpha value is -1.99. The van der Waals surface area contributed by atoms with E-state index in [9.17, 15) is 0 Å². The van der Waals surface area contributed by atoms with E-state index in [1.807, 2.05) is 4.68 Å². The number of hydrogen-bond acceptors (Lipinski definition) is 6. The fourth-order valence-electron chi connectivity index (χ4n) is 4.71. The van der Waals surface area contributed by atoms with Crippen LogP contribution in [0.3, 0.4) is 0 Å². The highest BCUT2D eigenvalue weighted by Gasteiger charge is 2.29. The minimum absolute atomic E-state index is 0.118. The van der Waals surface area contributed by atoms with E-state index < -0.39 is 0 Å². The molecule has 0 saturated carbocycles. The summed E-state index contributed by atoms with van der Waals surface area (Å²) < 4.78 is 13.2. The molecule has 3 heterocycles. The van der Waals surface area contributed by atoms with Gasteiger partial charge in [-0.2, -0.15) is 0 Å². The second kappa shape index (κ2) is 10.2. The quantitative estimate of drug-likeness (QED) is 0.680. The highest BCUT2D eigenvalue weighted by molar-refractivity contribution is 5.29. The standard InChI is InChI=1S/C22H33N5O2/c1-28-21-17-29-14-12-20(21)16-27-22(23-24-25-27)26-13-6-11-19(15-26)10-5-9-18-7-3-2-4-8-18/h2-4,7-8,19-21H,5-6,9-17H2,1H3. The van der Waals surface area contributed by atoms with Gasteiger partial charge >= 0.3 is 0 Å². The van der Waals surface area contributed by atoms with Crippen molar-refractivity contribution in [3.8, 4) is 0 Å². The molecule has 2 aromatic rings. The first-order valence-electron chi connectivity index (χ1n) is 11.0. The first-order valence-corrected chi connectivity index (χ1v) is 11.0. The number of anilines is 1. The van der Waals surface area contributed by atoms with Gasteiger partial charge in [0, 0.05) is 32.7 Å². The van der Waals surface area contributed by atoms with Gasteiger partial charge in [0.05, 0.1) is 19.3 Å². The molecule has 0 radical (unpaired) electrons. The molecule has 158 valence electrons. The van der Waals surface area contributed by atoms with E-state index in [-0.39, 0.29) is 6.10 Å². The average molecular weight is 400 g/mol. The van der Waals surface area contributed by atoms with Gasteiger partial charge in [-0.15, -0.1) is 0 Å². The molecule has 29 heavy (non-hydrogen) atoms. The lowest BCUT2D eigenvalue weighted by Gasteiger charge is -2.34. The van der Waals surface area contributed by atoms with E-state index in [2.05, 4.69) is 50.8 Å². The summed E-state index contributed by atoms with van der Waals surface area (Å²) in [4.78, 5) is 2.39. The van der Waals surface area contributed by atoms with Gasteiger partial charge in [0.2, 0.25) is 5.95 Å². The van der Waals surface area contributed by atoms with Crippen molar-refractivity contribution in [1.82, 2.24) is 20.2 Å². The fourth-order valence-corrected chi connectivity index (χ4v) is 4.71. The van der Waals surface area contributed by atoms with Crippen LogP contribution < -0.4 is 4.90 Å². The Morgan fingerprint density at radius 3 is 2.97 bits per heavy atom. The van der Waals surface area contributed by atoms with Crippen LogP contribution in [0.15, 0.2) is 30.3 Å². The van der Waals surface area contributed by atoms with Crippen molar-refractivity contribution < 1.29 is 9.47 Å². The maximum Gasteiger partial charge on any atom is 0.245 e. The van der Waals surface area contributed by atoms with Crippen LogP contribution in [0.5, 0.6) is 0 Å². The lowest BCUT2D eigenvalue weighted by molar-refractivity contribution is -0.0702. The molecule has 1 aromatic carbocycles. The zero-order valence-electron chi connectivity index (χ0n) is 17.4. The van der Waals surface area contributed by atoms with Gasteiger partial charge < -0.3 is 14.4 Å². The van der Waals surface area contributed by atoms with Crippen molar-refractivity contribution in [3.63, 3.8) is 0 Å². The first kappa shape index (κ1) is 20.3. The van der Waals surface area contributed by atoms with Crippen molar-refractivity contribution in [2.45, 2.75) is 51.2 Å². The number of aromatic nitrogens is 4. The van der Waals surface area contributed by atoms with Crippen LogP contribution in [0.2, 0.25) is 0 Å². The molecule has 2 saturated heterocycles. The zero-order valence-corrected chi connectivity index (χ0v) is 17.4. The van der Waals surface area contributed by atoms with Crippen LogP contribution >= 0.6 is 0 Å². The number of tetrazole rings is 1. The second-order valence-electron chi connectivity index (χ2n) is 8.39. The summed E-state index contributed by atoms with van der Waals surface area (Å²) in [7, 11) is 1.76. The third-order valence-corrected chi connectivity index (χ3v) is 6.39. The number of methoxy groups -OCH3 is 1. The van der Waals surface area contributed by atoms with E-state index in [4.69, 9.17) is 9.47 Å². The number of nitrogens with zero attached hydrogens (tertiary/aromatic N) is 5. The van der Waals surface area contributed by atoms with Crippen LogP contribution in [-0.4, -0.2) is 59.7 Å². The monoisotopic (exact) mass is 399 g/mol. The summed E-state index contributed by atoms with van der Waals surface area (Å²) in [5, 5.41) is 12.7. The molecule has 3 atom stereocenters. The summed E-state index contributed by atoms with van der Waals surface area (Å²) in [6.45, 7) is 4.33. The predicted octanol–water partition coefficient (Wildman–Crippen LogP) is 2.96. The summed E-state index contributed by atoms with van der Waals surface area (Å²) in [6.07, 6.45) is 7.29. The largest absolute Gasteiger partial charge is 0.379 e. The van der Waals surface area contributed by atoms with Gasteiger partial charge in [-0.05, 0) is 60.4 Å². The molecule has 0 spiro atoms. The van der Waals surface area contributed by atoms with Gasteiger partial charge in [-0.1, -0.05) is 35.4 Å². The maximum atomic E-state index is 5.62. The van der Waals surface area contributed by atoms with Gasteiger partial charge in [0.15, 0.2) is 0 Å². The molecule has 2 aliphatic heterocycles. The number of piperidine rings is 1. The maximum absolute atomic E-state index is 5.62. The average Bonchev–Trinajstić information content (AvgIpc) is 3.23. The first-order chi connectivity index (χ1) is 14.3. The normalized spacial score (nSPS) is 25.3. The number of ether oxygens (including phenoxy) is 2. The van der Waals surface area contributed by atoms with Gasteiger partial charge in [-0.25, -0.2) is 4.68 Å². The van der Waals surface area contributed by atoms with Crippen LogP contribution in [0.4, 0.5) is 5.95 Å². The minimum Gasteiger partial charge on any atom is -0.379 e. The van der Waals surface area contributed by atoms with E-state index >= 15 is 0 Å². The van der Waals surface area contributed by atoms with Crippen LogP contribution in [0, 0.1) is 11.8 Å². The summed E-state index contributed by atoms with van der Waals surface area (Å²) >= 11 is 0. The third-order valence-electron chi connectivity index (χ3n) is 6.39. The Labute approximate surface area is 173 Å². The number of hydrogen-bond donors (Lipinski definition) is 0. The van der Waals surface area contributed by atoms with E-state index in [1.54, 1.807) is 7.11 Å². The number of benzene rings is 1. The Bertz CT molecular complexity index is 738. The Balaban J connectivity index is 1.32. The van der Waals surface area contributed by atoms with Gasteiger partial charge in [0.1, 0.15) is 0 Å². The summed E-state index contributed by atoms with van der Waals surface area (Å²) in [5.41, 5.74) is 1.44. The van der Waals surface area contributed by atoms with E-state index in [0.29, 0.717) is 18.4 Å². The minimum atomic E-state index is 0.118. The fraction of sp³-hybridized carbons (Fsp3) is 0.682. The van der Waals surface area contributed by atoms with Crippen molar-refractivity contribution >= 4 is 5.95 Å². The molecule has 4 rings (SSSR count). The topological polar surface area (TPSA) is 65.3 Å². The van der Waals surface area contributed by atoms with Crippen molar-refractivity contribution in [2.24, 2.45) is 11.8 Å². The molecule has 2 fully saturated rings. The predicted molar refractivity (Wildman–Crippen MR) is 112 cm³/mol. The zero-order chi connectivity index (χ0) is 19.9. The smallest absolute Gasteiger partial charge is 0.245 e. The Morgan fingerprint density at radius 2 is 2.10 bits per heavy atom. The SMILES string of the molecule is COC1COCCC1Cn1nnnc1N1CCCC(CCCc2ccccc2)C1.